The van der Waals surface area contributed by atoms with Crippen molar-refractivity contribution in [3.8, 4) is 5.75 Å². The normalized spacial score (nSPS) is 14.5. The molecule has 17 heavy (non-hydrogen) atoms. The summed E-state index contributed by atoms with van der Waals surface area (Å²) in [6.07, 6.45) is -5.10. The lowest BCUT2D eigenvalue weighted by Crippen LogP contribution is -2.31. The molecule has 0 radical (unpaired) electrons. The molecule has 0 aliphatic heterocycles. The number of alkyl halides is 3. The third-order valence-corrected chi connectivity index (χ3v) is 2.03. The van der Waals surface area contributed by atoms with Crippen LogP contribution in [-0.4, -0.2) is 17.1 Å². The second kappa shape index (κ2) is 4.94. The predicted octanol–water partition coefficient (Wildman–Crippen LogP) is 2.22. The molecule has 0 fully saturated rings. The van der Waals surface area contributed by atoms with E-state index in [1.807, 2.05) is 0 Å². The van der Waals surface area contributed by atoms with Crippen LogP contribution in [0.5, 0.6) is 5.75 Å². The maximum atomic E-state index is 12.3. The van der Waals surface area contributed by atoms with Gasteiger partial charge in [0.25, 0.3) is 0 Å². The van der Waals surface area contributed by atoms with Crippen LogP contribution in [0.4, 0.5) is 13.2 Å². The monoisotopic (exact) mass is 248 g/mol. The molecule has 0 aliphatic rings. The van der Waals surface area contributed by atoms with E-state index >= 15 is 0 Å². The van der Waals surface area contributed by atoms with E-state index < -0.39 is 17.8 Å². The van der Waals surface area contributed by atoms with Gasteiger partial charge in [0.05, 0.1) is 5.56 Å². The summed E-state index contributed by atoms with van der Waals surface area (Å²) in [5, 5.41) is 11.1. The van der Waals surface area contributed by atoms with Gasteiger partial charge in [-0.15, -0.1) is 0 Å². The number of hydrogen-bond donors (Lipinski definition) is 2. The van der Waals surface area contributed by atoms with Gasteiger partial charge in [0.2, 0.25) is 0 Å². The third-order valence-electron chi connectivity index (χ3n) is 2.03. The Morgan fingerprint density at radius 2 is 1.88 bits per heavy atom. The SMILES string of the molecule is CC(Oc1ccc(C(F)(F)F)cc1)C(N)=NO. The van der Waals surface area contributed by atoms with Crippen molar-refractivity contribution in [1.29, 1.82) is 0 Å². The van der Waals surface area contributed by atoms with E-state index in [-0.39, 0.29) is 11.6 Å². The first-order valence-electron chi connectivity index (χ1n) is 4.66. The van der Waals surface area contributed by atoms with Gasteiger partial charge in [0.15, 0.2) is 11.9 Å². The van der Waals surface area contributed by atoms with Crippen molar-refractivity contribution in [1.82, 2.24) is 0 Å². The van der Waals surface area contributed by atoms with Gasteiger partial charge in [-0.1, -0.05) is 5.16 Å². The molecular formula is C10H11F3N2O2. The second-order valence-electron chi connectivity index (χ2n) is 3.31. The van der Waals surface area contributed by atoms with E-state index in [0.29, 0.717) is 0 Å². The molecule has 1 unspecified atom stereocenters. The van der Waals surface area contributed by atoms with Gasteiger partial charge in [-0.3, -0.25) is 0 Å². The van der Waals surface area contributed by atoms with Gasteiger partial charge in [0, 0.05) is 0 Å². The molecule has 94 valence electrons. The average Bonchev–Trinajstić information content (AvgIpc) is 2.27. The molecule has 0 aromatic heterocycles. The molecule has 1 rings (SSSR count). The van der Waals surface area contributed by atoms with Crippen LogP contribution in [0.3, 0.4) is 0 Å². The zero-order valence-corrected chi connectivity index (χ0v) is 8.90. The Kier molecular flexibility index (Phi) is 3.82. The highest BCUT2D eigenvalue weighted by Gasteiger charge is 2.30. The van der Waals surface area contributed by atoms with Crippen LogP contribution in [0, 0.1) is 0 Å². The number of oxime groups is 1. The fourth-order valence-electron chi connectivity index (χ4n) is 1.07. The standard InChI is InChI=1S/C10H11F3N2O2/c1-6(9(14)15-16)17-8-4-2-7(3-5-8)10(11,12)13/h2-6,16H,1H3,(H2,14,15). The van der Waals surface area contributed by atoms with Crippen LogP contribution in [0.2, 0.25) is 0 Å². The number of rotatable bonds is 3. The largest absolute Gasteiger partial charge is 0.483 e. The summed E-state index contributed by atoms with van der Waals surface area (Å²) >= 11 is 0. The van der Waals surface area contributed by atoms with E-state index in [1.165, 1.54) is 19.1 Å². The summed E-state index contributed by atoms with van der Waals surface area (Å²) in [6, 6.07) is 4.14. The van der Waals surface area contributed by atoms with Crippen molar-refractivity contribution >= 4 is 5.84 Å². The zero-order valence-electron chi connectivity index (χ0n) is 8.90. The lowest BCUT2D eigenvalue weighted by molar-refractivity contribution is -0.137. The average molecular weight is 248 g/mol. The number of nitrogens with zero attached hydrogens (tertiary/aromatic N) is 1. The summed E-state index contributed by atoms with van der Waals surface area (Å²) in [5.41, 5.74) is 4.50. The Morgan fingerprint density at radius 3 is 2.29 bits per heavy atom. The molecule has 1 atom stereocenters. The molecule has 0 saturated carbocycles. The summed E-state index contributed by atoms with van der Waals surface area (Å²) in [7, 11) is 0. The van der Waals surface area contributed by atoms with Crippen molar-refractivity contribution in [2.75, 3.05) is 0 Å². The quantitative estimate of drug-likeness (QED) is 0.373. The van der Waals surface area contributed by atoms with E-state index in [0.717, 1.165) is 12.1 Å². The van der Waals surface area contributed by atoms with E-state index in [1.54, 1.807) is 0 Å². The molecular weight excluding hydrogens is 237 g/mol. The van der Waals surface area contributed by atoms with Gasteiger partial charge in [-0.05, 0) is 31.2 Å². The maximum absolute atomic E-state index is 12.3. The number of benzene rings is 1. The first-order valence-corrected chi connectivity index (χ1v) is 4.66. The van der Waals surface area contributed by atoms with Crippen LogP contribution in [0.1, 0.15) is 12.5 Å². The fraction of sp³-hybridized carbons (Fsp3) is 0.300. The first-order chi connectivity index (χ1) is 7.84. The van der Waals surface area contributed by atoms with Gasteiger partial charge in [-0.2, -0.15) is 13.2 Å². The van der Waals surface area contributed by atoms with Gasteiger partial charge < -0.3 is 15.7 Å². The number of ether oxygens (including phenoxy) is 1. The van der Waals surface area contributed by atoms with Crippen molar-refractivity contribution in [3.05, 3.63) is 29.8 Å². The lowest BCUT2D eigenvalue weighted by atomic mass is 10.2. The number of halogens is 3. The van der Waals surface area contributed by atoms with Crippen LogP contribution in [0.15, 0.2) is 29.4 Å². The molecule has 1 aromatic carbocycles. The topological polar surface area (TPSA) is 67.8 Å². The third kappa shape index (κ3) is 3.54. The van der Waals surface area contributed by atoms with Crippen molar-refractivity contribution in [2.24, 2.45) is 10.9 Å². The summed E-state index contributed by atoms with van der Waals surface area (Å²) in [5.74, 6) is 0.0435. The van der Waals surface area contributed by atoms with Crippen molar-refractivity contribution in [2.45, 2.75) is 19.2 Å². The Labute approximate surface area is 95.5 Å². The van der Waals surface area contributed by atoms with Crippen LogP contribution >= 0.6 is 0 Å². The number of amidine groups is 1. The predicted molar refractivity (Wildman–Crippen MR) is 54.9 cm³/mol. The molecule has 0 bridgehead atoms. The van der Waals surface area contributed by atoms with E-state index in [2.05, 4.69) is 5.16 Å². The van der Waals surface area contributed by atoms with Crippen LogP contribution < -0.4 is 10.5 Å². The Balaban J connectivity index is 2.76. The van der Waals surface area contributed by atoms with Crippen LogP contribution in [0.25, 0.3) is 0 Å². The highest BCUT2D eigenvalue weighted by molar-refractivity contribution is 5.84. The zero-order chi connectivity index (χ0) is 13.1. The Morgan fingerprint density at radius 1 is 1.35 bits per heavy atom. The Hall–Kier alpha value is -1.92. The second-order valence-corrected chi connectivity index (χ2v) is 3.31. The first kappa shape index (κ1) is 13.1. The van der Waals surface area contributed by atoms with E-state index in [9.17, 15) is 13.2 Å². The van der Waals surface area contributed by atoms with Gasteiger partial charge in [-0.25, -0.2) is 0 Å². The number of hydrogen-bond acceptors (Lipinski definition) is 3. The molecule has 1 aromatic rings. The molecule has 0 aliphatic carbocycles. The molecule has 0 heterocycles. The minimum Gasteiger partial charge on any atom is -0.483 e. The van der Waals surface area contributed by atoms with E-state index in [4.69, 9.17) is 15.7 Å². The lowest BCUT2D eigenvalue weighted by Gasteiger charge is -2.13. The highest BCUT2D eigenvalue weighted by Crippen LogP contribution is 2.30. The molecule has 0 amide bonds. The molecule has 0 spiro atoms. The maximum Gasteiger partial charge on any atom is 0.416 e. The number of nitrogens with two attached hydrogens (primary N) is 1. The minimum absolute atomic E-state index is 0.162. The molecule has 4 nitrogen and oxygen atoms in total. The van der Waals surface area contributed by atoms with Crippen LogP contribution in [-0.2, 0) is 6.18 Å². The summed E-state index contributed by atoms with van der Waals surface area (Å²) in [4.78, 5) is 0. The molecule has 3 N–H and O–H groups in total. The molecule has 0 saturated heterocycles. The summed E-state index contributed by atoms with van der Waals surface area (Å²) in [6.45, 7) is 1.51. The van der Waals surface area contributed by atoms with Crippen molar-refractivity contribution < 1.29 is 23.1 Å². The minimum atomic E-state index is -4.38. The molecule has 7 heteroatoms. The smallest absolute Gasteiger partial charge is 0.416 e. The summed E-state index contributed by atoms with van der Waals surface area (Å²) < 4.78 is 41.9. The highest BCUT2D eigenvalue weighted by atomic mass is 19.4. The van der Waals surface area contributed by atoms with Gasteiger partial charge >= 0.3 is 6.18 Å². The fourth-order valence-corrected chi connectivity index (χ4v) is 1.07. The Bertz CT molecular complexity index is 401. The van der Waals surface area contributed by atoms with Gasteiger partial charge in [0.1, 0.15) is 5.75 Å². The van der Waals surface area contributed by atoms with Crippen molar-refractivity contribution in [3.63, 3.8) is 0 Å².